The van der Waals surface area contributed by atoms with E-state index in [2.05, 4.69) is 10.3 Å². The van der Waals surface area contributed by atoms with E-state index in [4.69, 9.17) is 16.7 Å². The maximum Gasteiger partial charge on any atom is 0.335 e. The lowest BCUT2D eigenvalue weighted by Gasteiger charge is -2.17. The van der Waals surface area contributed by atoms with Crippen molar-refractivity contribution in [1.29, 1.82) is 0 Å². The molecule has 0 aliphatic carbocycles. The van der Waals surface area contributed by atoms with Crippen LogP contribution in [-0.2, 0) is 11.2 Å². The third-order valence-corrected chi connectivity index (χ3v) is 5.77. The van der Waals surface area contributed by atoms with Crippen LogP contribution in [0.15, 0.2) is 85.1 Å². The number of amides is 1. The highest BCUT2D eigenvalue weighted by Crippen LogP contribution is 2.31. The summed E-state index contributed by atoms with van der Waals surface area (Å²) in [5.74, 6) is -3.81. The Kier molecular flexibility index (Phi) is 7.17. The van der Waals surface area contributed by atoms with E-state index in [0.29, 0.717) is 17.8 Å². The average Bonchev–Trinajstić information content (AvgIpc) is 2.86. The summed E-state index contributed by atoms with van der Waals surface area (Å²) in [6, 6.07) is 20.4. The summed E-state index contributed by atoms with van der Waals surface area (Å²) >= 11 is 5.81. The number of hydrogen-bond acceptors (Lipinski definition) is 3. The lowest BCUT2D eigenvalue weighted by molar-refractivity contribution is -0.117. The molecular weight excluding hydrogens is 474 g/mol. The standard InChI is InChI=1S/C27H19ClF2N2O3/c28-21-11-12-22(29)24(25(21)30)18-8-13-23(31-15-18)20(14-16-4-2-1-3-5-16)26(33)32-19-9-6-17(7-10-19)27(34)35/h1-13,15,20H,14H2,(H,32,33)(H,34,35). The van der Waals surface area contributed by atoms with Crippen LogP contribution in [0.5, 0.6) is 0 Å². The van der Waals surface area contributed by atoms with Gasteiger partial charge in [-0.05, 0) is 54.4 Å². The number of benzene rings is 3. The molecule has 4 aromatic rings. The number of aromatic carboxylic acids is 1. The van der Waals surface area contributed by atoms with Crippen molar-refractivity contribution in [2.75, 3.05) is 5.32 Å². The number of nitrogens with zero attached hydrogens (tertiary/aromatic N) is 1. The predicted octanol–water partition coefficient (Wildman–Crippen LogP) is 6.34. The second-order valence-corrected chi connectivity index (χ2v) is 8.21. The maximum atomic E-state index is 14.4. The SMILES string of the molecule is O=C(O)c1ccc(NC(=O)C(Cc2ccccc2)c2ccc(-c3c(F)ccc(Cl)c3F)cn2)cc1. The largest absolute Gasteiger partial charge is 0.478 e. The minimum Gasteiger partial charge on any atom is -0.478 e. The number of rotatable bonds is 7. The Bertz CT molecular complexity index is 1360. The molecule has 5 nitrogen and oxygen atoms in total. The monoisotopic (exact) mass is 492 g/mol. The third kappa shape index (κ3) is 5.53. The van der Waals surface area contributed by atoms with Crippen LogP contribution < -0.4 is 5.32 Å². The number of carbonyl (C=O) groups excluding carboxylic acids is 1. The van der Waals surface area contributed by atoms with Gasteiger partial charge in [-0.2, -0.15) is 0 Å². The molecule has 176 valence electrons. The molecule has 0 saturated carbocycles. The van der Waals surface area contributed by atoms with Crippen LogP contribution in [0.4, 0.5) is 14.5 Å². The first-order valence-corrected chi connectivity index (χ1v) is 11.0. The van der Waals surface area contributed by atoms with Crippen molar-refractivity contribution in [3.63, 3.8) is 0 Å². The van der Waals surface area contributed by atoms with Gasteiger partial charge in [-0.25, -0.2) is 13.6 Å². The molecule has 0 aliphatic rings. The van der Waals surface area contributed by atoms with Gasteiger partial charge in [0.2, 0.25) is 5.91 Å². The quantitative estimate of drug-likeness (QED) is 0.295. The van der Waals surface area contributed by atoms with E-state index >= 15 is 0 Å². The fourth-order valence-electron chi connectivity index (χ4n) is 3.66. The fraction of sp³-hybridized carbons (Fsp3) is 0.0741. The van der Waals surface area contributed by atoms with E-state index in [1.165, 1.54) is 36.5 Å². The Morgan fingerprint density at radius 3 is 2.29 bits per heavy atom. The molecule has 0 fully saturated rings. The molecule has 3 aromatic carbocycles. The summed E-state index contributed by atoms with van der Waals surface area (Å²) in [5.41, 5.74) is 1.72. The molecular formula is C27H19ClF2N2O3. The van der Waals surface area contributed by atoms with Crippen molar-refractivity contribution in [1.82, 2.24) is 4.98 Å². The summed E-state index contributed by atoms with van der Waals surface area (Å²) in [7, 11) is 0. The normalized spacial score (nSPS) is 11.6. The molecule has 2 N–H and O–H groups in total. The Morgan fingerprint density at radius 1 is 0.943 bits per heavy atom. The first-order valence-electron chi connectivity index (χ1n) is 10.6. The number of pyridine rings is 1. The Labute approximate surface area is 205 Å². The van der Waals surface area contributed by atoms with E-state index < -0.39 is 23.5 Å². The van der Waals surface area contributed by atoms with E-state index in [0.717, 1.165) is 17.7 Å². The zero-order valence-electron chi connectivity index (χ0n) is 18.2. The van der Waals surface area contributed by atoms with Gasteiger partial charge in [-0.15, -0.1) is 0 Å². The van der Waals surface area contributed by atoms with Crippen molar-refractivity contribution < 1.29 is 23.5 Å². The first kappa shape index (κ1) is 24.0. The molecule has 0 spiro atoms. The Morgan fingerprint density at radius 2 is 1.66 bits per heavy atom. The number of carboxylic acids is 1. The van der Waals surface area contributed by atoms with Gasteiger partial charge in [-0.3, -0.25) is 9.78 Å². The van der Waals surface area contributed by atoms with Gasteiger partial charge < -0.3 is 10.4 Å². The highest BCUT2D eigenvalue weighted by Gasteiger charge is 2.24. The first-order chi connectivity index (χ1) is 16.8. The van der Waals surface area contributed by atoms with Crippen LogP contribution in [0.3, 0.4) is 0 Å². The van der Waals surface area contributed by atoms with Gasteiger partial charge in [0.25, 0.3) is 0 Å². The van der Waals surface area contributed by atoms with Crippen LogP contribution in [0, 0.1) is 11.6 Å². The van der Waals surface area contributed by atoms with Crippen LogP contribution in [-0.4, -0.2) is 22.0 Å². The number of anilines is 1. The molecule has 8 heteroatoms. The van der Waals surface area contributed by atoms with Gasteiger partial charge in [0, 0.05) is 17.4 Å². The lowest BCUT2D eigenvalue weighted by atomic mass is 9.94. The van der Waals surface area contributed by atoms with Crippen LogP contribution in [0.1, 0.15) is 27.5 Å². The number of halogens is 3. The third-order valence-electron chi connectivity index (χ3n) is 5.47. The van der Waals surface area contributed by atoms with Crippen molar-refractivity contribution in [3.8, 4) is 11.1 Å². The second kappa shape index (κ2) is 10.4. The molecule has 35 heavy (non-hydrogen) atoms. The smallest absolute Gasteiger partial charge is 0.335 e. The van der Waals surface area contributed by atoms with Crippen LogP contribution in [0.25, 0.3) is 11.1 Å². The lowest BCUT2D eigenvalue weighted by Crippen LogP contribution is -2.24. The molecule has 0 radical (unpaired) electrons. The molecule has 0 saturated heterocycles. The summed E-state index contributed by atoms with van der Waals surface area (Å²) in [4.78, 5) is 28.7. The Hall–Kier alpha value is -4.10. The van der Waals surface area contributed by atoms with E-state index in [1.807, 2.05) is 30.3 Å². The molecule has 0 aliphatic heterocycles. The van der Waals surface area contributed by atoms with E-state index in [9.17, 15) is 18.4 Å². The minimum absolute atomic E-state index is 0.0987. The van der Waals surface area contributed by atoms with Crippen molar-refractivity contribution in [2.24, 2.45) is 0 Å². The highest BCUT2D eigenvalue weighted by molar-refractivity contribution is 6.31. The van der Waals surface area contributed by atoms with Gasteiger partial charge in [0.15, 0.2) is 5.82 Å². The number of carbonyl (C=O) groups is 2. The number of carboxylic acid groups (broad SMARTS) is 1. The summed E-state index contributed by atoms with van der Waals surface area (Å²) in [6.07, 6.45) is 1.63. The number of hydrogen-bond donors (Lipinski definition) is 2. The highest BCUT2D eigenvalue weighted by atomic mass is 35.5. The predicted molar refractivity (Wildman–Crippen MR) is 130 cm³/mol. The van der Waals surface area contributed by atoms with Gasteiger partial charge in [0.1, 0.15) is 5.82 Å². The topological polar surface area (TPSA) is 79.3 Å². The molecule has 1 heterocycles. The summed E-state index contributed by atoms with van der Waals surface area (Å²) < 4.78 is 28.7. The molecule has 0 bridgehead atoms. The maximum absolute atomic E-state index is 14.4. The minimum atomic E-state index is -1.07. The summed E-state index contributed by atoms with van der Waals surface area (Å²) in [6.45, 7) is 0. The number of aromatic nitrogens is 1. The van der Waals surface area contributed by atoms with Gasteiger partial charge >= 0.3 is 5.97 Å². The van der Waals surface area contributed by atoms with E-state index in [1.54, 1.807) is 6.07 Å². The molecule has 1 unspecified atom stereocenters. The van der Waals surface area contributed by atoms with Gasteiger partial charge in [-0.1, -0.05) is 48.0 Å². The zero-order chi connectivity index (χ0) is 24.9. The number of nitrogens with one attached hydrogen (secondary N) is 1. The molecule has 4 rings (SSSR count). The average molecular weight is 493 g/mol. The van der Waals surface area contributed by atoms with Crippen molar-refractivity contribution >= 4 is 29.2 Å². The van der Waals surface area contributed by atoms with Gasteiger partial charge in [0.05, 0.1) is 27.8 Å². The Balaban J connectivity index is 1.64. The fourth-order valence-corrected chi connectivity index (χ4v) is 3.82. The summed E-state index contributed by atoms with van der Waals surface area (Å²) in [5, 5.41) is 11.6. The van der Waals surface area contributed by atoms with Crippen LogP contribution in [0.2, 0.25) is 5.02 Å². The molecule has 1 aromatic heterocycles. The van der Waals surface area contributed by atoms with Crippen LogP contribution >= 0.6 is 11.6 Å². The van der Waals surface area contributed by atoms with Crippen molar-refractivity contribution in [3.05, 3.63) is 119 Å². The van der Waals surface area contributed by atoms with E-state index in [-0.39, 0.29) is 27.6 Å². The molecule has 1 atom stereocenters. The van der Waals surface area contributed by atoms with Crippen molar-refractivity contribution in [2.45, 2.75) is 12.3 Å². The second-order valence-electron chi connectivity index (χ2n) is 7.80. The zero-order valence-corrected chi connectivity index (χ0v) is 19.0. The molecule has 1 amide bonds.